The summed E-state index contributed by atoms with van der Waals surface area (Å²) in [6, 6.07) is 8.55. The zero-order chi connectivity index (χ0) is 14.7. The van der Waals surface area contributed by atoms with Crippen molar-refractivity contribution in [3.63, 3.8) is 0 Å². The number of aryl methyl sites for hydroxylation is 1. The summed E-state index contributed by atoms with van der Waals surface area (Å²) in [5, 5.41) is 5.90. The van der Waals surface area contributed by atoms with E-state index >= 15 is 0 Å². The van der Waals surface area contributed by atoms with Gasteiger partial charge in [0.05, 0.1) is 16.3 Å². The Morgan fingerprint density at radius 2 is 1.85 bits per heavy atom. The molecule has 2 aromatic rings. The maximum absolute atomic E-state index is 12.1. The summed E-state index contributed by atoms with van der Waals surface area (Å²) in [6.45, 7) is 3.34. The van der Waals surface area contributed by atoms with Crippen LogP contribution in [0.1, 0.15) is 21.5 Å². The smallest absolute Gasteiger partial charge is 0.265 e. The van der Waals surface area contributed by atoms with Gasteiger partial charge in [0.25, 0.3) is 5.91 Å². The highest BCUT2D eigenvalue weighted by Crippen LogP contribution is 2.27. The molecule has 0 saturated carbocycles. The number of nitrogens with one attached hydrogen (secondary N) is 2. The van der Waals surface area contributed by atoms with E-state index in [1.54, 1.807) is 24.3 Å². The van der Waals surface area contributed by atoms with Crippen molar-refractivity contribution in [2.75, 3.05) is 10.6 Å². The Morgan fingerprint density at radius 1 is 1.10 bits per heavy atom. The maximum atomic E-state index is 12.1. The van der Waals surface area contributed by atoms with Gasteiger partial charge in [0.1, 0.15) is 0 Å². The number of thiophene rings is 1. The molecular formula is C14H13ClN2O2S. The van der Waals surface area contributed by atoms with Gasteiger partial charge in [-0.1, -0.05) is 11.6 Å². The van der Waals surface area contributed by atoms with E-state index in [1.165, 1.54) is 18.3 Å². The fraction of sp³-hybridized carbons (Fsp3) is 0.143. The van der Waals surface area contributed by atoms with Gasteiger partial charge in [0, 0.05) is 16.8 Å². The lowest BCUT2D eigenvalue weighted by molar-refractivity contribution is -0.114. The Hall–Kier alpha value is -1.85. The number of carbonyl (C=O) groups excluding carboxylic acids is 2. The molecule has 1 aromatic carbocycles. The van der Waals surface area contributed by atoms with Gasteiger partial charge in [-0.3, -0.25) is 9.59 Å². The van der Waals surface area contributed by atoms with E-state index in [4.69, 9.17) is 11.6 Å². The Labute approximate surface area is 125 Å². The summed E-state index contributed by atoms with van der Waals surface area (Å²) in [4.78, 5) is 24.9. The lowest BCUT2D eigenvalue weighted by atomic mass is 10.2. The van der Waals surface area contributed by atoms with Gasteiger partial charge in [0.15, 0.2) is 0 Å². The number of anilines is 2. The minimum Gasteiger partial charge on any atom is -0.325 e. The first-order chi connectivity index (χ1) is 9.45. The monoisotopic (exact) mass is 308 g/mol. The number of hydrogen-bond donors (Lipinski definition) is 2. The highest BCUT2D eigenvalue weighted by atomic mass is 35.5. The number of rotatable bonds is 3. The van der Waals surface area contributed by atoms with Gasteiger partial charge in [-0.25, -0.2) is 0 Å². The first-order valence-corrected chi connectivity index (χ1v) is 7.10. The van der Waals surface area contributed by atoms with Crippen molar-refractivity contribution in [1.82, 2.24) is 0 Å². The molecule has 0 bridgehead atoms. The van der Waals surface area contributed by atoms with Crippen molar-refractivity contribution in [2.24, 2.45) is 0 Å². The van der Waals surface area contributed by atoms with E-state index in [1.807, 2.05) is 13.0 Å². The first-order valence-electron chi connectivity index (χ1n) is 5.90. The zero-order valence-corrected chi connectivity index (χ0v) is 12.6. The predicted molar refractivity (Wildman–Crippen MR) is 82.8 cm³/mol. The summed E-state index contributed by atoms with van der Waals surface area (Å²) in [6.07, 6.45) is 0. The summed E-state index contributed by atoms with van der Waals surface area (Å²) < 4.78 is 0. The number of benzene rings is 1. The lowest BCUT2D eigenvalue weighted by Crippen LogP contribution is -2.14. The molecule has 0 aliphatic heterocycles. The lowest BCUT2D eigenvalue weighted by Gasteiger charge is -2.11. The SMILES string of the molecule is CC(=O)Nc1ccc(Cl)cc1NC(=O)c1ccc(C)s1. The first kappa shape index (κ1) is 14.6. The number of carbonyl (C=O) groups is 2. The highest BCUT2D eigenvalue weighted by molar-refractivity contribution is 7.14. The van der Waals surface area contributed by atoms with Crippen molar-refractivity contribution in [2.45, 2.75) is 13.8 Å². The van der Waals surface area contributed by atoms with Crippen LogP contribution < -0.4 is 10.6 Å². The van der Waals surface area contributed by atoms with Crippen LogP contribution in [0.15, 0.2) is 30.3 Å². The second-order valence-electron chi connectivity index (χ2n) is 4.24. The van der Waals surface area contributed by atoms with Gasteiger partial charge in [0.2, 0.25) is 5.91 Å². The average molecular weight is 309 g/mol. The van der Waals surface area contributed by atoms with Crippen LogP contribution in [0.2, 0.25) is 5.02 Å². The van der Waals surface area contributed by atoms with Crippen LogP contribution in [0.5, 0.6) is 0 Å². The van der Waals surface area contributed by atoms with E-state index in [9.17, 15) is 9.59 Å². The molecule has 0 spiro atoms. The van der Waals surface area contributed by atoms with Crippen molar-refractivity contribution in [3.8, 4) is 0 Å². The van der Waals surface area contributed by atoms with Crippen LogP contribution in [0.25, 0.3) is 0 Å². The molecule has 0 aliphatic carbocycles. The third kappa shape index (κ3) is 3.59. The van der Waals surface area contributed by atoms with E-state index in [0.29, 0.717) is 21.3 Å². The third-order valence-corrected chi connectivity index (χ3v) is 3.74. The number of halogens is 1. The molecule has 4 nitrogen and oxygen atoms in total. The summed E-state index contributed by atoms with van der Waals surface area (Å²) in [5.41, 5.74) is 0.993. The Balaban J connectivity index is 2.25. The van der Waals surface area contributed by atoms with Crippen LogP contribution in [0, 0.1) is 6.92 Å². The summed E-state index contributed by atoms with van der Waals surface area (Å²) >= 11 is 7.33. The van der Waals surface area contributed by atoms with Crippen LogP contribution in [0.3, 0.4) is 0 Å². The van der Waals surface area contributed by atoms with Crippen LogP contribution in [-0.2, 0) is 4.79 Å². The molecule has 2 N–H and O–H groups in total. The molecule has 0 atom stereocenters. The molecule has 0 radical (unpaired) electrons. The summed E-state index contributed by atoms with van der Waals surface area (Å²) in [7, 11) is 0. The predicted octanol–water partition coefficient (Wildman–Crippen LogP) is 3.92. The molecule has 104 valence electrons. The molecule has 2 rings (SSSR count). The molecule has 0 saturated heterocycles. The van der Waals surface area contributed by atoms with Gasteiger partial charge in [-0.05, 0) is 37.3 Å². The Bertz CT molecular complexity index is 667. The quantitative estimate of drug-likeness (QED) is 0.903. The van der Waals surface area contributed by atoms with Crippen molar-refractivity contribution >= 4 is 46.1 Å². The molecule has 0 aliphatic rings. The molecule has 1 aromatic heterocycles. The van der Waals surface area contributed by atoms with Crippen LogP contribution in [-0.4, -0.2) is 11.8 Å². The van der Waals surface area contributed by atoms with Gasteiger partial charge in [-0.2, -0.15) is 0 Å². The minimum absolute atomic E-state index is 0.213. The highest BCUT2D eigenvalue weighted by Gasteiger charge is 2.12. The molecule has 6 heteroatoms. The van der Waals surface area contributed by atoms with E-state index in [2.05, 4.69) is 10.6 Å². The molecule has 2 amide bonds. The minimum atomic E-state index is -0.225. The normalized spacial score (nSPS) is 10.2. The topological polar surface area (TPSA) is 58.2 Å². The average Bonchev–Trinajstić information content (AvgIpc) is 2.79. The standard InChI is InChI=1S/C14H13ClN2O2S/c1-8-3-6-13(20-8)14(19)17-12-7-10(15)4-5-11(12)16-9(2)18/h3-7H,1-2H3,(H,16,18)(H,17,19). The molecule has 0 unspecified atom stereocenters. The van der Waals surface area contributed by atoms with Crippen LogP contribution in [0.4, 0.5) is 11.4 Å². The zero-order valence-electron chi connectivity index (χ0n) is 11.0. The maximum Gasteiger partial charge on any atom is 0.265 e. The second kappa shape index (κ2) is 6.07. The van der Waals surface area contributed by atoms with Crippen molar-refractivity contribution in [1.29, 1.82) is 0 Å². The Kier molecular flexibility index (Phi) is 4.42. The largest absolute Gasteiger partial charge is 0.325 e. The number of amides is 2. The van der Waals surface area contributed by atoms with Gasteiger partial charge >= 0.3 is 0 Å². The molecule has 20 heavy (non-hydrogen) atoms. The van der Waals surface area contributed by atoms with Crippen molar-refractivity contribution < 1.29 is 9.59 Å². The van der Waals surface area contributed by atoms with E-state index in [0.717, 1.165) is 4.88 Å². The third-order valence-electron chi connectivity index (χ3n) is 2.50. The van der Waals surface area contributed by atoms with E-state index < -0.39 is 0 Å². The molecule has 1 heterocycles. The fourth-order valence-electron chi connectivity index (χ4n) is 1.66. The van der Waals surface area contributed by atoms with Gasteiger partial charge in [-0.15, -0.1) is 11.3 Å². The van der Waals surface area contributed by atoms with E-state index in [-0.39, 0.29) is 11.8 Å². The Morgan fingerprint density at radius 3 is 2.45 bits per heavy atom. The second-order valence-corrected chi connectivity index (χ2v) is 5.96. The van der Waals surface area contributed by atoms with Crippen LogP contribution >= 0.6 is 22.9 Å². The number of hydrogen-bond acceptors (Lipinski definition) is 3. The van der Waals surface area contributed by atoms with Crippen molar-refractivity contribution in [3.05, 3.63) is 45.1 Å². The van der Waals surface area contributed by atoms with Gasteiger partial charge < -0.3 is 10.6 Å². The fourth-order valence-corrected chi connectivity index (χ4v) is 2.59. The molecule has 0 fully saturated rings. The molecular weight excluding hydrogens is 296 g/mol. The summed E-state index contributed by atoms with van der Waals surface area (Å²) in [5.74, 6) is -0.438.